The number of amides is 1. The van der Waals surface area contributed by atoms with E-state index in [-0.39, 0.29) is 12.5 Å². The van der Waals surface area contributed by atoms with Crippen LogP contribution in [0.1, 0.15) is 13.3 Å². The van der Waals surface area contributed by atoms with Gasteiger partial charge in [0.05, 0.1) is 0 Å². The first-order chi connectivity index (χ1) is 7.72. The lowest BCUT2D eigenvalue weighted by atomic mass is 10.0. The summed E-state index contributed by atoms with van der Waals surface area (Å²) in [5, 5.41) is 8.86. The first-order valence-corrected chi connectivity index (χ1v) is 4.95. The van der Waals surface area contributed by atoms with Crippen LogP contribution in [0.25, 0.3) is 0 Å². The molecular formula is C9H12F3NO4. The smallest absolute Gasteiger partial charge is 0.422 e. The van der Waals surface area contributed by atoms with Gasteiger partial charge in [0.2, 0.25) is 0 Å². The van der Waals surface area contributed by atoms with E-state index in [1.807, 2.05) is 0 Å². The molecule has 0 aromatic heterocycles. The van der Waals surface area contributed by atoms with Gasteiger partial charge in [0.15, 0.2) is 6.61 Å². The summed E-state index contributed by atoms with van der Waals surface area (Å²) >= 11 is 0. The predicted molar refractivity (Wildman–Crippen MR) is 49.3 cm³/mol. The molecule has 1 aliphatic rings. The molecule has 1 fully saturated rings. The Morgan fingerprint density at radius 1 is 1.47 bits per heavy atom. The van der Waals surface area contributed by atoms with Crippen LogP contribution in [0.4, 0.5) is 18.0 Å². The van der Waals surface area contributed by atoms with Crippen LogP contribution in [0.15, 0.2) is 0 Å². The molecule has 1 saturated heterocycles. The third-order valence-corrected chi connectivity index (χ3v) is 2.55. The molecule has 0 radical (unpaired) electrons. The average molecular weight is 255 g/mol. The fourth-order valence-corrected chi connectivity index (χ4v) is 1.75. The van der Waals surface area contributed by atoms with Gasteiger partial charge < -0.3 is 9.84 Å². The molecule has 1 rings (SSSR count). The molecule has 17 heavy (non-hydrogen) atoms. The van der Waals surface area contributed by atoms with Crippen molar-refractivity contribution in [1.29, 1.82) is 0 Å². The van der Waals surface area contributed by atoms with Crippen LogP contribution in [0.5, 0.6) is 0 Å². The molecule has 0 spiro atoms. The molecular weight excluding hydrogens is 243 g/mol. The maximum absolute atomic E-state index is 11.8. The minimum absolute atomic E-state index is 0.0921. The summed E-state index contributed by atoms with van der Waals surface area (Å²) < 4.78 is 39.5. The van der Waals surface area contributed by atoms with Crippen molar-refractivity contribution in [3.05, 3.63) is 0 Å². The lowest BCUT2D eigenvalue weighted by Crippen LogP contribution is -2.43. The molecule has 5 nitrogen and oxygen atoms in total. The van der Waals surface area contributed by atoms with Gasteiger partial charge in [-0.3, -0.25) is 4.90 Å². The number of carboxylic acid groups (broad SMARTS) is 1. The molecule has 0 bridgehead atoms. The van der Waals surface area contributed by atoms with E-state index in [1.54, 1.807) is 6.92 Å². The van der Waals surface area contributed by atoms with Gasteiger partial charge in [0.25, 0.3) is 0 Å². The molecule has 8 heteroatoms. The summed E-state index contributed by atoms with van der Waals surface area (Å²) in [6.45, 7) is 0.00764. The zero-order valence-corrected chi connectivity index (χ0v) is 9.03. The van der Waals surface area contributed by atoms with Gasteiger partial charge in [-0.05, 0) is 12.3 Å². The van der Waals surface area contributed by atoms with Gasteiger partial charge in [0, 0.05) is 6.54 Å². The van der Waals surface area contributed by atoms with Crippen LogP contribution in [0.2, 0.25) is 0 Å². The molecule has 2 atom stereocenters. The van der Waals surface area contributed by atoms with Crippen molar-refractivity contribution in [1.82, 2.24) is 4.90 Å². The molecule has 1 aliphatic heterocycles. The molecule has 1 heterocycles. The van der Waals surface area contributed by atoms with Crippen LogP contribution in [-0.4, -0.2) is 47.4 Å². The van der Waals surface area contributed by atoms with Gasteiger partial charge in [-0.15, -0.1) is 0 Å². The van der Waals surface area contributed by atoms with Crippen molar-refractivity contribution >= 4 is 12.1 Å². The number of halogens is 3. The molecule has 1 N–H and O–H groups in total. The third kappa shape index (κ3) is 3.50. The van der Waals surface area contributed by atoms with Gasteiger partial charge in [-0.2, -0.15) is 13.2 Å². The van der Waals surface area contributed by atoms with Gasteiger partial charge >= 0.3 is 18.2 Å². The summed E-state index contributed by atoms with van der Waals surface area (Å²) in [5.74, 6) is -1.54. The lowest BCUT2D eigenvalue weighted by molar-refractivity contribution is -0.163. The predicted octanol–water partition coefficient (Wildman–Crippen LogP) is 1.48. The standard InChI is InChI=1S/C9H12F3NO4/c1-5-2-3-13(6(5)7(14)15)8(16)17-4-9(10,11)12/h5-6H,2-4H2,1H3,(H,14,15). The summed E-state index contributed by atoms with van der Waals surface area (Å²) in [4.78, 5) is 23.0. The maximum Gasteiger partial charge on any atom is 0.422 e. The van der Waals surface area contributed by atoms with Crippen LogP contribution in [0, 0.1) is 5.92 Å². The normalized spacial score (nSPS) is 24.8. The zero-order valence-electron chi connectivity index (χ0n) is 9.03. The fourth-order valence-electron chi connectivity index (χ4n) is 1.75. The second-order valence-electron chi connectivity index (χ2n) is 3.91. The Labute approximate surface area is 95.1 Å². The minimum Gasteiger partial charge on any atom is -0.480 e. The molecule has 2 unspecified atom stereocenters. The first kappa shape index (κ1) is 13.6. The zero-order chi connectivity index (χ0) is 13.2. The highest BCUT2D eigenvalue weighted by Crippen LogP contribution is 2.25. The number of carbonyl (C=O) groups excluding carboxylic acids is 1. The Morgan fingerprint density at radius 3 is 2.53 bits per heavy atom. The second-order valence-corrected chi connectivity index (χ2v) is 3.91. The maximum atomic E-state index is 11.8. The molecule has 1 amide bonds. The Balaban J connectivity index is 2.60. The molecule has 0 aliphatic carbocycles. The number of likely N-dealkylation sites (tertiary alicyclic amines) is 1. The van der Waals surface area contributed by atoms with E-state index in [4.69, 9.17) is 5.11 Å². The number of hydrogen-bond acceptors (Lipinski definition) is 3. The van der Waals surface area contributed by atoms with E-state index >= 15 is 0 Å². The summed E-state index contributed by atoms with van der Waals surface area (Å²) in [6, 6.07) is -1.12. The summed E-state index contributed by atoms with van der Waals surface area (Å²) in [6.07, 6.45) is -5.42. The van der Waals surface area contributed by atoms with Crippen molar-refractivity contribution in [2.75, 3.05) is 13.2 Å². The van der Waals surface area contributed by atoms with Gasteiger partial charge in [0.1, 0.15) is 6.04 Å². The van der Waals surface area contributed by atoms with Crippen molar-refractivity contribution in [3.63, 3.8) is 0 Å². The van der Waals surface area contributed by atoms with Crippen molar-refractivity contribution in [2.45, 2.75) is 25.6 Å². The van der Waals surface area contributed by atoms with Crippen LogP contribution in [0.3, 0.4) is 0 Å². The Hall–Kier alpha value is -1.47. The monoisotopic (exact) mass is 255 g/mol. The molecule has 98 valence electrons. The Kier molecular flexibility index (Phi) is 3.84. The van der Waals surface area contributed by atoms with Crippen molar-refractivity contribution in [3.8, 4) is 0 Å². The number of aliphatic carboxylic acids is 1. The van der Waals surface area contributed by atoms with Crippen LogP contribution < -0.4 is 0 Å². The summed E-state index contributed by atoms with van der Waals surface area (Å²) in [7, 11) is 0. The molecule has 0 aromatic carbocycles. The summed E-state index contributed by atoms with van der Waals surface area (Å²) in [5.41, 5.74) is 0. The van der Waals surface area contributed by atoms with E-state index in [0.29, 0.717) is 6.42 Å². The van der Waals surface area contributed by atoms with E-state index in [0.717, 1.165) is 4.90 Å². The minimum atomic E-state index is -4.61. The van der Waals surface area contributed by atoms with E-state index in [1.165, 1.54) is 0 Å². The molecule has 0 aromatic rings. The second kappa shape index (κ2) is 4.80. The first-order valence-electron chi connectivity index (χ1n) is 4.95. The van der Waals surface area contributed by atoms with Crippen molar-refractivity contribution < 1.29 is 32.6 Å². The highest BCUT2D eigenvalue weighted by Gasteiger charge is 2.41. The van der Waals surface area contributed by atoms with Crippen molar-refractivity contribution in [2.24, 2.45) is 5.92 Å². The number of carbonyl (C=O) groups is 2. The van der Waals surface area contributed by atoms with Gasteiger partial charge in [-0.1, -0.05) is 6.92 Å². The van der Waals surface area contributed by atoms with Crippen LogP contribution >= 0.6 is 0 Å². The average Bonchev–Trinajstić information content (AvgIpc) is 2.55. The number of ether oxygens (including phenoxy) is 1. The number of hydrogen-bond donors (Lipinski definition) is 1. The number of alkyl halides is 3. The number of rotatable bonds is 2. The highest BCUT2D eigenvalue weighted by atomic mass is 19.4. The largest absolute Gasteiger partial charge is 0.480 e. The van der Waals surface area contributed by atoms with Gasteiger partial charge in [-0.25, -0.2) is 9.59 Å². The van der Waals surface area contributed by atoms with E-state index in [2.05, 4.69) is 4.74 Å². The number of nitrogens with zero attached hydrogens (tertiary/aromatic N) is 1. The molecule has 0 saturated carbocycles. The quantitative estimate of drug-likeness (QED) is 0.811. The third-order valence-electron chi connectivity index (χ3n) is 2.55. The topological polar surface area (TPSA) is 66.8 Å². The lowest BCUT2D eigenvalue weighted by Gasteiger charge is -2.22. The van der Waals surface area contributed by atoms with E-state index in [9.17, 15) is 22.8 Å². The number of carboxylic acids is 1. The fraction of sp³-hybridized carbons (Fsp3) is 0.778. The Morgan fingerprint density at radius 2 is 2.06 bits per heavy atom. The Bertz CT molecular complexity index is 318. The van der Waals surface area contributed by atoms with E-state index < -0.39 is 30.9 Å². The highest BCUT2D eigenvalue weighted by molar-refractivity contribution is 5.81. The van der Waals surface area contributed by atoms with Crippen LogP contribution in [-0.2, 0) is 9.53 Å². The SMILES string of the molecule is CC1CCN(C(=O)OCC(F)(F)F)C1C(=O)O.